The van der Waals surface area contributed by atoms with E-state index in [1.54, 1.807) is 29.6 Å². The molecule has 0 aliphatic heterocycles. The zero-order chi connectivity index (χ0) is 73.6. The maximum absolute atomic E-state index is 4.65. The van der Waals surface area contributed by atoms with Gasteiger partial charge in [0.15, 0.2) is 0 Å². The van der Waals surface area contributed by atoms with Crippen LogP contribution in [0.1, 0.15) is 0 Å². The normalized spacial score (nSPS) is 10.9. The molecule has 5 heterocycles. The largest absolute Gasteiger partial charge is 3.00 e. The topological polar surface area (TPSA) is 82.3 Å². The van der Waals surface area contributed by atoms with Gasteiger partial charge in [0.25, 0.3) is 0 Å². The Morgan fingerprint density at radius 2 is 0.541 bits per heavy atom. The van der Waals surface area contributed by atoms with Crippen molar-refractivity contribution in [2.45, 2.75) is 0 Å². The van der Waals surface area contributed by atoms with Crippen LogP contribution in [-0.2, 0) is 40.2 Å². The molecule has 0 amide bonds. The van der Waals surface area contributed by atoms with E-state index < -0.39 is 0 Å². The van der Waals surface area contributed by atoms with Crippen molar-refractivity contribution in [3.8, 4) is 162 Å². The monoisotopic (exact) mass is 2030 g/mol. The van der Waals surface area contributed by atoms with Crippen LogP contribution in [-0.4, -0.2) is 34.9 Å². The van der Waals surface area contributed by atoms with Crippen molar-refractivity contribution in [3.05, 3.63) is 401 Å². The van der Waals surface area contributed by atoms with E-state index in [0.29, 0.717) is 5.69 Å². The molecule has 18 aromatic rings. The molecule has 0 aliphatic rings. The van der Waals surface area contributed by atoms with Gasteiger partial charge < -0.3 is 32.1 Å². The number of aromatic nitrogens is 7. The first-order chi connectivity index (χ1) is 53.7. The summed E-state index contributed by atoms with van der Waals surface area (Å²) in [5, 5.41) is 9.30. The number of benzene rings is 13. The third kappa shape index (κ3) is 16.3. The summed E-state index contributed by atoms with van der Waals surface area (Å²) in [4.78, 5) is 19.7. The standard InChI is InChI=1S/C58H32Br2N5.C40H24Br2N2.2Ir/c59-53-36-39(55-19-9-11-31-61-55)25-29-51(53)49-17-5-3-15-47(49)42-33-41(46-14-2-1-13-45(46)38-23-27-44(28-24-38)65-63-57-21-7-8-22-58(57)64-65)34-43(35-42)48-16-4-6-18-50(48)52-30-26-40(37-54(52)60)56-20-10-12-32-62-56;41-37-25-29(39-16-5-7-22-43-39)18-20-35(37)33-14-3-1-12-31(33)27-10-9-11-28(24-27)32-13-2-4-15-34(32)36-21-19-30(26-38(36)42)40-17-6-8-23-44-40;;/h1-12,14-24,29-37H;1-17,20-26H;;/q-5;-2;;+3. The molecule has 0 saturated heterocycles. The van der Waals surface area contributed by atoms with Crippen LogP contribution in [0, 0.1) is 42.5 Å². The average molecular weight is 2040 g/mol. The van der Waals surface area contributed by atoms with Crippen molar-refractivity contribution in [3.63, 3.8) is 0 Å². The fourth-order valence-corrected chi connectivity index (χ4v) is 15.9. The Morgan fingerprint density at radius 1 is 0.243 bits per heavy atom. The predicted molar refractivity (Wildman–Crippen MR) is 455 cm³/mol. The summed E-state index contributed by atoms with van der Waals surface area (Å²) in [5.74, 6) is 0. The SMILES string of the molecule is Brc1cc(-c2ccccn2)[c-]cc1-c1ccccc1-c1cc(-c2ccc[c-]c2-c2c[c-]c(-n3nc4ccccc4n3)[c-]c2)cc(-c2ccccc2-c2c[c-]c(-c3ccccn3)cc2Br)c1.Brc1cc(-c2ccccn2)[c-]cc1-c1ccccc1-c1cccc(-c2ccccc2-c2c[c-]c(-c3ccccn3)cc2Br)c1.[Ir+3].[Ir]. The first kappa shape index (κ1) is 75.5. The van der Waals surface area contributed by atoms with Crippen LogP contribution in [0.5, 0.6) is 0 Å². The molecule has 18 rings (SSSR count). The van der Waals surface area contributed by atoms with Crippen LogP contribution in [0.15, 0.2) is 358 Å². The zero-order valence-electron chi connectivity index (χ0n) is 58.6. The van der Waals surface area contributed by atoms with Gasteiger partial charge in [0.2, 0.25) is 0 Å². The van der Waals surface area contributed by atoms with E-state index in [1.165, 1.54) is 0 Å². The molecule has 0 unspecified atom stereocenters. The minimum Gasteiger partial charge on any atom is -0.330 e. The molecule has 0 bridgehead atoms. The number of nitrogens with zero attached hydrogens (tertiary/aromatic N) is 7. The second-order valence-electron chi connectivity index (χ2n) is 25.7. The van der Waals surface area contributed by atoms with Crippen molar-refractivity contribution >= 4 is 74.8 Å². The second-order valence-corrected chi connectivity index (χ2v) is 29.1. The van der Waals surface area contributed by atoms with Crippen LogP contribution in [0.3, 0.4) is 0 Å². The van der Waals surface area contributed by atoms with Gasteiger partial charge in [-0.15, -0.1) is 119 Å². The molecule has 111 heavy (non-hydrogen) atoms. The molecule has 7 nitrogen and oxygen atoms in total. The van der Waals surface area contributed by atoms with Gasteiger partial charge in [-0.1, -0.05) is 320 Å². The third-order valence-corrected chi connectivity index (χ3v) is 21.6. The van der Waals surface area contributed by atoms with Gasteiger partial charge in [-0.25, -0.2) is 5.56 Å². The quantitative estimate of drug-likeness (QED) is 0.0951. The molecule has 0 aliphatic carbocycles. The summed E-state index contributed by atoms with van der Waals surface area (Å²) in [7, 11) is 0. The molecule has 0 atom stereocenters. The number of fused-ring (bicyclic) bond motifs is 1. The van der Waals surface area contributed by atoms with Gasteiger partial charge in [0.1, 0.15) is 11.0 Å². The maximum atomic E-state index is 4.65. The first-order valence-corrected chi connectivity index (χ1v) is 38.3. The second kappa shape index (κ2) is 34.6. The molecule has 533 valence electrons. The first-order valence-electron chi connectivity index (χ1n) is 35.1. The molecule has 0 fully saturated rings. The molecule has 5 aromatic heterocycles. The Balaban J connectivity index is 0.000000186. The van der Waals surface area contributed by atoms with Gasteiger partial charge in [-0.05, 0) is 116 Å². The Labute approximate surface area is 705 Å². The van der Waals surface area contributed by atoms with E-state index >= 15 is 0 Å². The molecular weight excluding hydrogens is 1980 g/mol. The Bertz CT molecular complexity index is 6030. The number of hydrogen-bond donors (Lipinski definition) is 0. The molecule has 1 radical (unpaired) electrons. The number of hydrogen-bond acceptors (Lipinski definition) is 6. The van der Waals surface area contributed by atoms with Gasteiger partial charge in [0.05, 0.1) is 0 Å². The fraction of sp³-hybridized carbons (Fsp3) is 0. The molecule has 13 aromatic carbocycles. The number of rotatable bonds is 15. The van der Waals surface area contributed by atoms with E-state index in [1.807, 2.05) is 121 Å². The molecule has 13 heteroatoms. The molecule has 0 spiro atoms. The molecular formula is C98H56Br4Ir2N7-4. The van der Waals surface area contributed by atoms with Crippen molar-refractivity contribution < 1.29 is 40.2 Å². The van der Waals surface area contributed by atoms with E-state index in [0.717, 1.165) is 185 Å². The summed E-state index contributed by atoms with van der Waals surface area (Å²) in [6.07, 6.45) is 7.22. The van der Waals surface area contributed by atoms with Crippen molar-refractivity contribution in [2.75, 3.05) is 0 Å². The number of pyridine rings is 4. The van der Waals surface area contributed by atoms with Gasteiger partial charge in [0, 0.05) is 44.9 Å². The molecule has 0 N–H and O–H groups in total. The van der Waals surface area contributed by atoms with Crippen molar-refractivity contribution in [1.82, 2.24) is 34.9 Å². The summed E-state index contributed by atoms with van der Waals surface area (Å²) < 4.78 is 3.91. The van der Waals surface area contributed by atoms with Crippen LogP contribution in [0.4, 0.5) is 0 Å². The van der Waals surface area contributed by atoms with Crippen LogP contribution in [0.2, 0.25) is 0 Å². The smallest absolute Gasteiger partial charge is 0.330 e. The Morgan fingerprint density at radius 3 is 0.874 bits per heavy atom. The Kier molecular flexibility index (Phi) is 23.5. The van der Waals surface area contributed by atoms with Gasteiger partial charge in [-0.3, -0.25) is 17.7 Å². The van der Waals surface area contributed by atoms with E-state index in [9.17, 15) is 0 Å². The van der Waals surface area contributed by atoms with E-state index in [-0.39, 0.29) is 40.2 Å². The predicted octanol–water partition coefficient (Wildman–Crippen LogP) is 26.7. The Hall–Kier alpha value is -10.9. The van der Waals surface area contributed by atoms with Gasteiger partial charge >= 0.3 is 20.1 Å². The minimum atomic E-state index is 0. The zero-order valence-corrected chi connectivity index (χ0v) is 69.8. The van der Waals surface area contributed by atoms with Crippen molar-refractivity contribution in [2.24, 2.45) is 0 Å². The van der Waals surface area contributed by atoms with Crippen LogP contribution >= 0.6 is 63.7 Å². The summed E-state index contributed by atoms with van der Waals surface area (Å²) in [5.41, 5.74) is 30.9. The fourth-order valence-electron chi connectivity index (χ4n) is 13.7. The van der Waals surface area contributed by atoms with E-state index in [4.69, 9.17) is 0 Å². The van der Waals surface area contributed by atoms with Crippen LogP contribution in [0.25, 0.3) is 173 Å². The summed E-state index contributed by atoms with van der Waals surface area (Å²) in [6.45, 7) is 0. The number of halogens is 4. The average Bonchev–Trinajstić information content (AvgIpc) is 1.28. The maximum Gasteiger partial charge on any atom is 3.00 e. The van der Waals surface area contributed by atoms with Crippen molar-refractivity contribution in [1.29, 1.82) is 0 Å². The van der Waals surface area contributed by atoms with E-state index in [2.05, 4.69) is 330 Å². The summed E-state index contributed by atoms with van der Waals surface area (Å²) >= 11 is 15.6. The third-order valence-electron chi connectivity index (χ3n) is 18.9. The molecule has 0 saturated carbocycles. The summed E-state index contributed by atoms with van der Waals surface area (Å²) in [6, 6.07) is 132. The van der Waals surface area contributed by atoms with Crippen LogP contribution < -0.4 is 0 Å². The van der Waals surface area contributed by atoms with Gasteiger partial charge in [-0.2, -0.15) is 26.7 Å². The minimum absolute atomic E-state index is 0.